The molecule has 1 unspecified atom stereocenters. The van der Waals surface area contributed by atoms with Crippen molar-refractivity contribution in [2.24, 2.45) is 23.5 Å². The second-order valence-corrected chi connectivity index (χ2v) is 24.4. The molecule has 2 fully saturated rings. The first-order valence-electron chi connectivity index (χ1n) is 28.6. The van der Waals surface area contributed by atoms with Crippen molar-refractivity contribution in [1.82, 2.24) is 55.7 Å². The molecule has 28 nitrogen and oxygen atoms in total. The van der Waals surface area contributed by atoms with Crippen molar-refractivity contribution in [2.45, 2.75) is 136 Å². The number of hydrogen-bond acceptors (Lipinski definition) is 18. The van der Waals surface area contributed by atoms with Gasteiger partial charge in [-0.05, 0) is 61.8 Å². The Labute approximate surface area is 505 Å². The largest absolute Gasteiger partial charge is 0.455 e. The zero-order chi connectivity index (χ0) is 63.9. The first kappa shape index (κ1) is 69.2. The molecule has 5 rings (SSSR count). The maximum atomic E-state index is 14.9. The van der Waals surface area contributed by atoms with Crippen LogP contribution >= 0.6 is 11.3 Å². The molecule has 3 aliphatic heterocycles. The molecular formula is C56H82N12O16S2. The molecule has 2 saturated heterocycles. The SMILES string of the molecule is CC[C@H](C)[C@H](NC(=O)[C@H]1CN1C)C(=O)N(C)[C@H](C[C@@H](OC(C)=O)c1nc(C(=O)N(C)[C@@H](Cc2ccc(OS(=O)(=O)O)cc2)C(=O)N[C@@H](CCCNC(N)=O)C(=O)N[C@H](C(=O)N2CCN(C(=O)CCCN3C(=O)C=CC3=O)CC2)C(C)C)cs1)C(C)C. The van der Waals surface area contributed by atoms with Gasteiger partial charge in [0, 0.05) is 110 Å². The van der Waals surface area contributed by atoms with Gasteiger partial charge in [0.15, 0.2) is 6.10 Å². The average molecular weight is 1240 g/mol. The van der Waals surface area contributed by atoms with Crippen molar-refractivity contribution in [2.75, 3.05) is 67.0 Å². The summed E-state index contributed by atoms with van der Waals surface area (Å²) in [4.78, 5) is 160. The molecule has 9 atom stereocenters. The van der Waals surface area contributed by atoms with Crippen LogP contribution in [0.5, 0.6) is 5.75 Å². The molecule has 30 heteroatoms. The Morgan fingerprint density at radius 1 is 0.849 bits per heavy atom. The van der Waals surface area contributed by atoms with Crippen LogP contribution in [0.1, 0.15) is 114 Å². The highest BCUT2D eigenvalue weighted by Gasteiger charge is 2.42. The normalized spacial score (nSPS) is 18.3. The molecule has 0 aliphatic carbocycles. The molecule has 7 N–H and O–H groups in total. The third kappa shape index (κ3) is 19.7. The Kier molecular flexibility index (Phi) is 25.1. The predicted octanol–water partition coefficient (Wildman–Crippen LogP) is 0.780. The van der Waals surface area contributed by atoms with Gasteiger partial charge in [-0.1, -0.05) is 60.1 Å². The molecule has 86 heavy (non-hydrogen) atoms. The summed E-state index contributed by atoms with van der Waals surface area (Å²) in [5.41, 5.74) is 5.49. The minimum absolute atomic E-state index is 0.0176. The number of nitrogens with one attached hydrogen (secondary N) is 4. The maximum Gasteiger partial charge on any atom is 0.446 e. The van der Waals surface area contributed by atoms with Crippen molar-refractivity contribution >= 4 is 86.9 Å². The van der Waals surface area contributed by atoms with Crippen LogP contribution in [0, 0.1) is 17.8 Å². The lowest BCUT2D eigenvalue weighted by atomic mass is 9.93. The first-order chi connectivity index (χ1) is 40.4. The molecular weight excluding hydrogens is 1160 g/mol. The smallest absolute Gasteiger partial charge is 0.446 e. The third-order valence-electron chi connectivity index (χ3n) is 15.4. The summed E-state index contributed by atoms with van der Waals surface area (Å²) in [6.45, 7) is 13.5. The van der Waals surface area contributed by atoms with Gasteiger partial charge >= 0.3 is 22.4 Å². The van der Waals surface area contributed by atoms with Crippen LogP contribution in [-0.4, -0.2) is 216 Å². The summed E-state index contributed by atoms with van der Waals surface area (Å²) in [5, 5.41) is 12.5. The molecule has 4 heterocycles. The number of esters is 1. The Morgan fingerprint density at radius 3 is 2.01 bits per heavy atom. The zero-order valence-corrected chi connectivity index (χ0v) is 51.9. The van der Waals surface area contributed by atoms with Crippen LogP contribution in [0.25, 0.3) is 0 Å². The number of nitrogens with two attached hydrogens (primary N) is 1. The fourth-order valence-electron chi connectivity index (χ4n) is 10.0. The van der Waals surface area contributed by atoms with Crippen LogP contribution in [0.15, 0.2) is 41.8 Å². The zero-order valence-electron chi connectivity index (χ0n) is 50.3. The fourth-order valence-corrected chi connectivity index (χ4v) is 11.2. The minimum Gasteiger partial charge on any atom is -0.455 e. The van der Waals surface area contributed by atoms with Gasteiger partial charge in [0.25, 0.3) is 17.7 Å². The quantitative estimate of drug-likeness (QED) is 0.0200. The van der Waals surface area contributed by atoms with E-state index >= 15 is 0 Å². The van der Waals surface area contributed by atoms with Crippen molar-refractivity contribution in [3.63, 3.8) is 0 Å². The molecule has 0 spiro atoms. The molecule has 2 aromatic rings. The lowest BCUT2D eigenvalue weighted by Gasteiger charge is -2.37. The average Bonchev–Trinajstić information content (AvgIpc) is 3.08. The number of urea groups is 1. The topological polar surface area (TPSA) is 367 Å². The van der Waals surface area contributed by atoms with E-state index in [1.165, 1.54) is 60.7 Å². The number of primary amides is 1. The second-order valence-electron chi connectivity index (χ2n) is 22.5. The van der Waals surface area contributed by atoms with E-state index in [1.54, 1.807) is 30.7 Å². The molecule has 474 valence electrons. The summed E-state index contributed by atoms with van der Waals surface area (Å²) < 4.78 is 42.6. The van der Waals surface area contributed by atoms with Crippen LogP contribution in [-0.2, 0) is 64.7 Å². The molecule has 0 bridgehead atoms. The number of thiazole rings is 1. The van der Waals surface area contributed by atoms with Crippen LogP contribution in [0.3, 0.4) is 0 Å². The third-order valence-corrected chi connectivity index (χ3v) is 16.8. The number of carbonyl (C=O) groups excluding carboxylic acids is 11. The fraction of sp³-hybridized carbons (Fsp3) is 0.607. The number of ether oxygens (including phenoxy) is 1. The number of aromatic nitrogens is 1. The molecule has 11 amide bonds. The Balaban J connectivity index is 1.37. The monoisotopic (exact) mass is 1240 g/mol. The van der Waals surface area contributed by atoms with E-state index in [4.69, 9.17) is 10.5 Å². The van der Waals surface area contributed by atoms with Gasteiger partial charge in [0.05, 0.1) is 0 Å². The number of rotatable bonds is 31. The molecule has 1 aromatic carbocycles. The van der Waals surface area contributed by atoms with E-state index in [9.17, 15) is 65.7 Å². The van der Waals surface area contributed by atoms with Crippen LogP contribution in [0.2, 0.25) is 0 Å². The van der Waals surface area contributed by atoms with Gasteiger partial charge in [-0.2, -0.15) is 8.42 Å². The summed E-state index contributed by atoms with van der Waals surface area (Å²) in [5.74, 6) is -6.49. The van der Waals surface area contributed by atoms with E-state index in [1.807, 2.05) is 39.6 Å². The number of piperazine rings is 1. The Bertz CT molecular complexity index is 2930. The van der Waals surface area contributed by atoms with Crippen molar-refractivity contribution in [3.05, 3.63) is 58.1 Å². The highest BCUT2D eigenvalue weighted by molar-refractivity contribution is 7.81. The van der Waals surface area contributed by atoms with Gasteiger partial charge < -0.3 is 55.5 Å². The van der Waals surface area contributed by atoms with E-state index in [0.29, 0.717) is 18.5 Å². The standard InChI is InChI=1S/C56H82N12O16S2/c1-11-34(6)48(62-51(75)42-30-63(42)8)54(77)64(9)40(32(2)3)29-43(83-35(7)69)52-60-39(31-85-52)53(76)65(10)41(28-36-16-18-37(19-17-36)84-86(80,81)82)50(74)59-38(14-12-22-58-56(57)79)49(73)61-47(33(4)5)55(78)67-26-24-66(25-27-67)44(70)15-13-23-68-45(71)20-21-46(68)72/h16-21,31-34,38,40-43,47-48H,11-15,22-30H2,1-10H3,(H,59,74)(H,61,73)(H,62,75)(H3,57,58,79)(H,80,81,82)/t34-,38-,40+,41-,42+,43+,47-,48-,63?/m0/s1. The number of likely N-dealkylation sites (N-methyl/N-ethyl adjacent to an activating group) is 3. The van der Waals surface area contributed by atoms with E-state index < -0.39 is 100 Å². The summed E-state index contributed by atoms with van der Waals surface area (Å²) in [6.07, 6.45) is 1.92. The molecule has 3 aliphatic rings. The number of nitrogens with zero attached hydrogens (tertiary/aromatic N) is 7. The van der Waals surface area contributed by atoms with Crippen molar-refractivity contribution in [3.8, 4) is 5.75 Å². The van der Waals surface area contributed by atoms with Crippen LogP contribution in [0.4, 0.5) is 4.79 Å². The number of imide groups is 1. The Hall–Kier alpha value is -7.57. The van der Waals surface area contributed by atoms with Crippen molar-refractivity contribution in [1.29, 1.82) is 0 Å². The summed E-state index contributed by atoms with van der Waals surface area (Å²) in [6, 6.07) is -1.40. The number of carbonyl (C=O) groups is 11. The number of amides is 11. The van der Waals surface area contributed by atoms with Gasteiger partial charge in [-0.3, -0.25) is 62.3 Å². The predicted molar refractivity (Wildman–Crippen MR) is 312 cm³/mol. The summed E-state index contributed by atoms with van der Waals surface area (Å²) >= 11 is 0.992. The number of benzene rings is 1. The Morgan fingerprint density at radius 2 is 1.47 bits per heavy atom. The highest BCUT2D eigenvalue weighted by Crippen LogP contribution is 2.32. The van der Waals surface area contributed by atoms with Gasteiger partial charge in [-0.25, -0.2) is 9.78 Å². The number of hydrogen-bond donors (Lipinski definition) is 6. The lowest BCUT2D eigenvalue weighted by molar-refractivity contribution is -0.149. The van der Waals surface area contributed by atoms with Gasteiger partial charge in [-0.15, -0.1) is 11.3 Å². The molecule has 0 radical (unpaired) electrons. The van der Waals surface area contributed by atoms with Gasteiger partial charge in [0.1, 0.15) is 46.7 Å². The minimum atomic E-state index is -4.91. The first-order valence-corrected chi connectivity index (χ1v) is 30.8. The maximum absolute atomic E-state index is 14.9. The van der Waals surface area contributed by atoms with E-state index in [2.05, 4.69) is 30.4 Å². The molecule has 1 aromatic heterocycles. The molecule has 0 saturated carbocycles. The van der Waals surface area contributed by atoms with Crippen molar-refractivity contribution < 1.29 is 74.6 Å². The summed E-state index contributed by atoms with van der Waals surface area (Å²) in [7, 11) is -0.164. The highest BCUT2D eigenvalue weighted by atomic mass is 32.3. The van der Waals surface area contributed by atoms with Crippen LogP contribution < -0.4 is 31.2 Å². The van der Waals surface area contributed by atoms with E-state index in [-0.39, 0.29) is 130 Å². The lowest BCUT2D eigenvalue weighted by Crippen LogP contribution is -2.60. The second kappa shape index (κ2) is 31.2. The van der Waals surface area contributed by atoms with Gasteiger partial charge in [0.2, 0.25) is 35.4 Å². The van der Waals surface area contributed by atoms with E-state index in [0.717, 1.165) is 21.1 Å².